The van der Waals surface area contributed by atoms with Gasteiger partial charge in [-0.05, 0) is 30.8 Å². The van der Waals surface area contributed by atoms with Crippen LogP contribution in [0.3, 0.4) is 0 Å². The van der Waals surface area contributed by atoms with E-state index in [0.29, 0.717) is 12.2 Å². The van der Waals surface area contributed by atoms with Gasteiger partial charge in [0.15, 0.2) is 0 Å². The molecule has 0 aliphatic carbocycles. The van der Waals surface area contributed by atoms with Gasteiger partial charge in [0, 0.05) is 24.7 Å². The van der Waals surface area contributed by atoms with Crippen LogP contribution in [0.2, 0.25) is 5.02 Å². The molecule has 2 aromatic carbocycles. The lowest BCUT2D eigenvalue weighted by Crippen LogP contribution is -2.25. The molecule has 2 nitrogen and oxygen atoms in total. The summed E-state index contributed by atoms with van der Waals surface area (Å²) >= 11 is 6.13. The van der Waals surface area contributed by atoms with E-state index in [-0.39, 0.29) is 5.82 Å². The molecule has 1 N–H and O–H groups in total. The number of halogens is 2. The molecule has 0 aliphatic heterocycles. The highest BCUT2D eigenvalue weighted by Crippen LogP contribution is 2.16. The fourth-order valence-electron chi connectivity index (χ4n) is 1.98. The van der Waals surface area contributed by atoms with Crippen molar-refractivity contribution in [3.8, 4) is 0 Å². The fourth-order valence-corrected chi connectivity index (χ4v) is 2.18. The minimum absolute atomic E-state index is 0.221. The molecule has 20 heavy (non-hydrogen) atoms. The summed E-state index contributed by atoms with van der Waals surface area (Å²) < 4.78 is 13.4. The van der Waals surface area contributed by atoms with E-state index in [1.165, 1.54) is 6.07 Å². The second kappa shape index (κ2) is 7.27. The highest BCUT2D eigenvalue weighted by molar-refractivity contribution is 6.31. The van der Waals surface area contributed by atoms with Crippen LogP contribution >= 0.6 is 11.6 Å². The molecular weight excluding hydrogens is 275 g/mol. The molecule has 0 atom stereocenters. The Morgan fingerprint density at radius 3 is 2.55 bits per heavy atom. The molecule has 0 heterocycles. The second-order valence-electron chi connectivity index (χ2n) is 4.74. The van der Waals surface area contributed by atoms with Crippen LogP contribution in [0, 0.1) is 5.82 Å². The quantitative estimate of drug-likeness (QED) is 0.865. The second-order valence-corrected chi connectivity index (χ2v) is 5.14. The molecule has 0 saturated carbocycles. The number of hydrogen-bond donors (Lipinski definition) is 1. The first-order valence-corrected chi connectivity index (χ1v) is 6.95. The zero-order valence-electron chi connectivity index (χ0n) is 11.4. The van der Waals surface area contributed by atoms with Crippen LogP contribution < -0.4 is 5.32 Å². The number of para-hydroxylation sites is 1. The van der Waals surface area contributed by atoms with Crippen LogP contribution in [0.5, 0.6) is 0 Å². The molecule has 2 rings (SSSR count). The van der Waals surface area contributed by atoms with Crippen LogP contribution in [-0.2, 0) is 6.54 Å². The van der Waals surface area contributed by atoms with Crippen LogP contribution in [0.1, 0.15) is 5.56 Å². The van der Waals surface area contributed by atoms with Gasteiger partial charge in [0.25, 0.3) is 0 Å². The first-order valence-electron chi connectivity index (χ1n) is 6.57. The SMILES string of the molecule is CN(CCNc1ccccc1F)Cc1ccccc1Cl. The summed E-state index contributed by atoms with van der Waals surface area (Å²) in [5.74, 6) is -0.221. The number of nitrogens with one attached hydrogen (secondary N) is 1. The molecule has 0 bridgehead atoms. The van der Waals surface area contributed by atoms with Gasteiger partial charge in [0.2, 0.25) is 0 Å². The van der Waals surface area contributed by atoms with E-state index in [1.807, 2.05) is 37.4 Å². The summed E-state index contributed by atoms with van der Waals surface area (Å²) in [7, 11) is 2.02. The maximum Gasteiger partial charge on any atom is 0.146 e. The average molecular weight is 293 g/mol. The Bertz CT molecular complexity index is 560. The molecule has 106 valence electrons. The minimum atomic E-state index is -0.221. The fraction of sp³-hybridized carbons (Fsp3) is 0.250. The van der Waals surface area contributed by atoms with Crippen LogP contribution in [-0.4, -0.2) is 25.0 Å². The van der Waals surface area contributed by atoms with Crippen LogP contribution in [0.15, 0.2) is 48.5 Å². The van der Waals surface area contributed by atoms with Crippen LogP contribution in [0.4, 0.5) is 10.1 Å². The molecule has 0 aliphatic rings. The molecule has 0 radical (unpaired) electrons. The molecule has 4 heteroatoms. The van der Waals surface area contributed by atoms with Crippen molar-refractivity contribution in [2.45, 2.75) is 6.54 Å². The number of hydrogen-bond acceptors (Lipinski definition) is 2. The lowest BCUT2D eigenvalue weighted by Gasteiger charge is -2.18. The summed E-state index contributed by atoms with van der Waals surface area (Å²) in [5, 5.41) is 3.87. The lowest BCUT2D eigenvalue weighted by atomic mass is 10.2. The third kappa shape index (κ3) is 4.22. The van der Waals surface area contributed by atoms with Crippen molar-refractivity contribution >= 4 is 17.3 Å². The summed E-state index contributed by atoms with van der Waals surface area (Å²) in [6.07, 6.45) is 0. The van der Waals surface area contributed by atoms with E-state index < -0.39 is 0 Å². The van der Waals surface area contributed by atoms with E-state index in [2.05, 4.69) is 10.2 Å². The number of likely N-dealkylation sites (N-methyl/N-ethyl adjacent to an activating group) is 1. The van der Waals surface area contributed by atoms with Crippen LogP contribution in [0.25, 0.3) is 0 Å². The topological polar surface area (TPSA) is 15.3 Å². The predicted molar refractivity (Wildman–Crippen MR) is 82.7 cm³/mol. The number of rotatable bonds is 6. The molecule has 0 spiro atoms. The van der Waals surface area contributed by atoms with Gasteiger partial charge in [-0.2, -0.15) is 0 Å². The van der Waals surface area contributed by atoms with E-state index in [0.717, 1.165) is 23.7 Å². The Morgan fingerprint density at radius 1 is 1.10 bits per heavy atom. The molecule has 0 fully saturated rings. The Labute approximate surface area is 124 Å². The molecule has 0 aromatic heterocycles. The highest BCUT2D eigenvalue weighted by atomic mass is 35.5. The molecule has 0 saturated heterocycles. The summed E-state index contributed by atoms with van der Waals surface area (Å²) in [6.45, 7) is 2.26. The van der Waals surface area contributed by atoms with Gasteiger partial charge < -0.3 is 10.2 Å². The summed E-state index contributed by atoms with van der Waals surface area (Å²) in [4.78, 5) is 2.15. The summed E-state index contributed by atoms with van der Waals surface area (Å²) in [6, 6.07) is 14.5. The highest BCUT2D eigenvalue weighted by Gasteiger charge is 2.04. The number of nitrogens with zero attached hydrogens (tertiary/aromatic N) is 1. The average Bonchev–Trinajstić information content (AvgIpc) is 2.43. The van der Waals surface area contributed by atoms with Gasteiger partial charge >= 0.3 is 0 Å². The van der Waals surface area contributed by atoms with Crippen molar-refractivity contribution in [3.63, 3.8) is 0 Å². The Balaban J connectivity index is 1.80. The Morgan fingerprint density at radius 2 is 1.80 bits per heavy atom. The lowest BCUT2D eigenvalue weighted by molar-refractivity contribution is 0.340. The normalized spacial score (nSPS) is 10.8. The van der Waals surface area contributed by atoms with E-state index in [4.69, 9.17) is 11.6 Å². The minimum Gasteiger partial charge on any atom is -0.381 e. The zero-order chi connectivity index (χ0) is 14.4. The summed E-state index contributed by atoms with van der Waals surface area (Å²) in [5.41, 5.74) is 1.64. The van der Waals surface area contributed by atoms with E-state index >= 15 is 0 Å². The number of benzene rings is 2. The van der Waals surface area contributed by atoms with Crippen molar-refractivity contribution in [2.75, 3.05) is 25.5 Å². The van der Waals surface area contributed by atoms with Gasteiger partial charge in [-0.15, -0.1) is 0 Å². The largest absolute Gasteiger partial charge is 0.381 e. The molecule has 0 unspecified atom stereocenters. The predicted octanol–water partition coefficient (Wildman–Crippen LogP) is 4.02. The maximum absolute atomic E-state index is 13.4. The van der Waals surface area contributed by atoms with Crippen molar-refractivity contribution in [1.29, 1.82) is 0 Å². The Kier molecular flexibility index (Phi) is 5.39. The first-order chi connectivity index (χ1) is 9.66. The Hall–Kier alpha value is -1.58. The van der Waals surface area contributed by atoms with E-state index in [1.54, 1.807) is 12.1 Å². The van der Waals surface area contributed by atoms with E-state index in [9.17, 15) is 4.39 Å². The molecule has 2 aromatic rings. The first kappa shape index (κ1) is 14.8. The van der Waals surface area contributed by atoms with Gasteiger partial charge in [0.05, 0.1) is 5.69 Å². The van der Waals surface area contributed by atoms with Crippen molar-refractivity contribution in [1.82, 2.24) is 4.90 Å². The van der Waals surface area contributed by atoms with Crippen molar-refractivity contribution in [3.05, 3.63) is 64.9 Å². The van der Waals surface area contributed by atoms with Crippen molar-refractivity contribution < 1.29 is 4.39 Å². The zero-order valence-corrected chi connectivity index (χ0v) is 12.2. The smallest absolute Gasteiger partial charge is 0.146 e. The van der Waals surface area contributed by atoms with Gasteiger partial charge in [-0.25, -0.2) is 4.39 Å². The molecular formula is C16H18ClFN2. The monoisotopic (exact) mass is 292 g/mol. The van der Waals surface area contributed by atoms with Gasteiger partial charge in [0.1, 0.15) is 5.82 Å². The number of anilines is 1. The maximum atomic E-state index is 13.4. The van der Waals surface area contributed by atoms with Gasteiger partial charge in [-0.1, -0.05) is 41.9 Å². The van der Waals surface area contributed by atoms with Crippen molar-refractivity contribution in [2.24, 2.45) is 0 Å². The third-order valence-corrected chi connectivity index (χ3v) is 3.45. The third-order valence-electron chi connectivity index (χ3n) is 3.08. The standard InChI is InChI=1S/C16H18ClFN2/c1-20(12-13-6-2-3-7-14(13)17)11-10-19-16-9-5-4-8-15(16)18/h2-9,19H,10-12H2,1H3. The molecule has 0 amide bonds. The van der Waals surface area contributed by atoms with Gasteiger partial charge in [-0.3, -0.25) is 0 Å².